The lowest BCUT2D eigenvalue weighted by molar-refractivity contribution is 0.0695. The molecular weight excluding hydrogens is 296 g/mol. The van der Waals surface area contributed by atoms with E-state index < -0.39 is 21.6 Å². The van der Waals surface area contributed by atoms with E-state index in [2.05, 4.69) is 0 Å². The van der Waals surface area contributed by atoms with Crippen molar-refractivity contribution in [1.82, 2.24) is 0 Å². The maximum Gasteiger partial charge on any atom is 0.339 e. The van der Waals surface area contributed by atoms with E-state index in [1.165, 1.54) is 32.2 Å². The zero-order valence-electron chi connectivity index (χ0n) is 11.5. The number of carboxylic acids is 1. The number of rotatable bonds is 5. The van der Waals surface area contributed by atoms with Gasteiger partial charge in [0.1, 0.15) is 28.6 Å². The Labute approximate surface area is 121 Å². The third kappa shape index (κ3) is 3.25. The van der Waals surface area contributed by atoms with Crippen LogP contribution in [-0.2, 0) is 15.6 Å². The molecule has 0 bridgehead atoms. The second-order valence-electron chi connectivity index (χ2n) is 4.42. The first-order valence-electron chi connectivity index (χ1n) is 6.03. The minimum atomic E-state index is -3.61. The Kier molecular flexibility index (Phi) is 4.04. The number of furan rings is 1. The summed E-state index contributed by atoms with van der Waals surface area (Å²) in [5, 5.41) is 8.93. The smallest absolute Gasteiger partial charge is 0.339 e. The van der Waals surface area contributed by atoms with Crippen molar-refractivity contribution in [2.45, 2.75) is 17.6 Å². The molecule has 2 aromatic rings. The number of benzene rings is 1. The first-order valence-corrected chi connectivity index (χ1v) is 7.68. The van der Waals surface area contributed by atoms with Gasteiger partial charge in [0.25, 0.3) is 0 Å². The maximum absolute atomic E-state index is 12.2. The van der Waals surface area contributed by atoms with Gasteiger partial charge in [0.05, 0.1) is 12.0 Å². The molecule has 0 spiro atoms. The molecule has 0 aliphatic heterocycles. The SMILES string of the molecule is COc1ccc(S(=O)(=O)Cc2cc(C(=O)O)c(C)o2)cc1. The molecule has 21 heavy (non-hydrogen) atoms. The van der Waals surface area contributed by atoms with Gasteiger partial charge in [0.2, 0.25) is 0 Å². The van der Waals surface area contributed by atoms with Crippen LogP contribution in [0.2, 0.25) is 0 Å². The van der Waals surface area contributed by atoms with Crippen molar-refractivity contribution < 1.29 is 27.5 Å². The van der Waals surface area contributed by atoms with E-state index in [-0.39, 0.29) is 22.0 Å². The third-order valence-corrected chi connectivity index (χ3v) is 4.61. The first-order chi connectivity index (χ1) is 9.83. The van der Waals surface area contributed by atoms with Gasteiger partial charge in [-0.1, -0.05) is 0 Å². The van der Waals surface area contributed by atoms with E-state index >= 15 is 0 Å². The van der Waals surface area contributed by atoms with E-state index in [4.69, 9.17) is 14.3 Å². The summed E-state index contributed by atoms with van der Waals surface area (Å²) >= 11 is 0. The van der Waals surface area contributed by atoms with Crippen molar-refractivity contribution in [1.29, 1.82) is 0 Å². The molecule has 0 aliphatic rings. The van der Waals surface area contributed by atoms with E-state index in [1.807, 2.05) is 0 Å². The minimum Gasteiger partial charge on any atom is -0.497 e. The Morgan fingerprint density at radius 2 is 1.90 bits per heavy atom. The van der Waals surface area contributed by atoms with Gasteiger partial charge in [-0.25, -0.2) is 13.2 Å². The van der Waals surface area contributed by atoms with E-state index in [0.29, 0.717) is 5.75 Å². The van der Waals surface area contributed by atoms with Crippen LogP contribution in [0.15, 0.2) is 39.6 Å². The van der Waals surface area contributed by atoms with Gasteiger partial charge in [0, 0.05) is 0 Å². The molecule has 7 heteroatoms. The molecule has 0 aliphatic carbocycles. The van der Waals surface area contributed by atoms with E-state index in [0.717, 1.165) is 0 Å². The fourth-order valence-corrected chi connectivity index (χ4v) is 3.12. The summed E-state index contributed by atoms with van der Waals surface area (Å²) in [7, 11) is -2.12. The minimum absolute atomic E-state index is 0.0325. The molecule has 1 aromatic heterocycles. The predicted octanol–water partition coefficient (Wildman–Crippen LogP) is 2.27. The number of hydrogen-bond acceptors (Lipinski definition) is 5. The van der Waals surface area contributed by atoms with Crippen molar-refractivity contribution in [3.63, 3.8) is 0 Å². The number of aromatic carboxylic acids is 1. The van der Waals surface area contributed by atoms with E-state index in [1.54, 1.807) is 12.1 Å². The highest BCUT2D eigenvalue weighted by atomic mass is 32.2. The number of ether oxygens (including phenoxy) is 1. The number of sulfone groups is 1. The molecule has 0 unspecified atom stereocenters. The topological polar surface area (TPSA) is 93.8 Å². The first kappa shape index (κ1) is 15.1. The molecule has 0 fully saturated rings. The Morgan fingerprint density at radius 3 is 2.38 bits per heavy atom. The zero-order valence-corrected chi connectivity index (χ0v) is 12.3. The van der Waals surface area contributed by atoms with Crippen LogP contribution in [0.5, 0.6) is 5.75 Å². The van der Waals surface area contributed by atoms with Crippen LogP contribution >= 0.6 is 0 Å². The quantitative estimate of drug-likeness (QED) is 0.910. The Bertz CT molecular complexity index is 755. The number of hydrogen-bond donors (Lipinski definition) is 1. The van der Waals surface area contributed by atoms with Gasteiger partial charge in [-0.2, -0.15) is 0 Å². The lowest BCUT2D eigenvalue weighted by Gasteiger charge is -2.04. The van der Waals surface area contributed by atoms with Crippen LogP contribution in [0.3, 0.4) is 0 Å². The number of aryl methyl sites for hydroxylation is 1. The van der Waals surface area contributed by atoms with Crippen molar-refractivity contribution in [3.05, 3.63) is 47.4 Å². The fraction of sp³-hybridized carbons (Fsp3) is 0.214. The van der Waals surface area contributed by atoms with Crippen LogP contribution in [0.25, 0.3) is 0 Å². The molecule has 1 heterocycles. The standard InChI is InChI=1S/C14H14O6S/c1-9-13(14(15)16)7-11(20-9)8-21(17,18)12-5-3-10(19-2)4-6-12/h3-7H,8H2,1-2H3,(H,15,16). The summed E-state index contributed by atoms with van der Waals surface area (Å²) in [5.41, 5.74) is -0.0325. The molecule has 6 nitrogen and oxygen atoms in total. The molecule has 0 saturated carbocycles. The molecule has 0 atom stereocenters. The lowest BCUT2D eigenvalue weighted by atomic mass is 10.2. The van der Waals surface area contributed by atoms with Gasteiger partial charge in [-0.3, -0.25) is 0 Å². The molecule has 0 amide bonds. The highest BCUT2D eigenvalue weighted by Gasteiger charge is 2.21. The molecule has 1 aromatic carbocycles. The monoisotopic (exact) mass is 310 g/mol. The molecule has 1 N–H and O–H groups in total. The predicted molar refractivity (Wildman–Crippen MR) is 74.3 cm³/mol. The third-order valence-electron chi connectivity index (χ3n) is 2.95. The van der Waals surface area contributed by atoms with Gasteiger partial charge in [-0.15, -0.1) is 0 Å². The summed E-state index contributed by atoms with van der Waals surface area (Å²) in [5.74, 6) is -0.712. The van der Waals surface area contributed by atoms with Crippen LogP contribution in [0.4, 0.5) is 0 Å². The molecule has 112 valence electrons. The average molecular weight is 310 g/mol. The van der Waals surface area contributed by atoms with Gasteiger partial charge < -0.3 is 14.3 Å². The molecular formula is C14H14O6S. The van der Waals surface area contributed by atoms with Gasteiger partial charge in [-0.05, 0) is 37.3 Å². The summed E-state index contributed by atoms with van der Waals surface area (Å²) in [6.45, 7) is 1.48. The Morgan fingerprint density at radius 1 is 1.29 bits per heavy atom. The highest BCUT2D eigenvalue weighted by Crippen LogP contribution is 2.22. The Hall–Kier alpha value is -2.28. The fourth-order valence-electron chi connectivity index (χ4n) is 1.88. The highest BCUT2D eigenvalue weighted by molar-refractivity contribution is 7.90. The second kappa shape index (κ2) is 5.61. The molecule has 0 radical (unpaired) electrons. The van der Waals surface area contributed by atoms with Crippen molar-refractivity contribution in [3.8, 4) is 5.75 Å². The molecule has 2 rings (SSSR count). The zero-order chi connectivity index (χ0) is 15.6. The summed E-state index contributed by atoms with van der Waals surface area (Å²) in [6, 6.07) is 7.19. The van der Waals surface area contributed by atoms with Crippen molar-refractivity contribution >= 4 is 15.8 Å². The summed E-state index contributed by atoms with van der Waals surface area (Å²) < 4.78 is 34.6. The lowest BCUT2D eigenvalue weighted by Crippen LogP contribution is -2.04. The maximum atomic E-state index is 12.2. The number of carboxylic acid groups (broad SMARTS) is 1. The van der Waals surface area contributed by atoms with E-state index in [9.17, 15) is 13.2 Å². The molecule has 0 saturated heterocycles. The summed E-state index contributed by atoms with van der Waals surface area (Å²) in [4.78, 5) is 11.0. The normalized spacial score (nSPS) is 11.3. The average Bonchev–Trinajstić information content (AvgIpc) is 2.79. The summed E-state index contributed by atoms with van der Waals surface area (Å²) in [6.07, 6.45) is 0. The van der Waals surface area contributed by atoms with Crippen LogP contribution in [0.1, 0.15) is 21.9 Å². The number of carbonyl (C=O) groups is 1. The van der Waals surface area contributed by atoms with Crippen LogP contribution in [0, 0.1) is 6.92 Å². The largest absolute Gasteiger partial charge is 0.497 e. The van der Waals surface area contributed by atoms with Crippen molar-refractivity contribution in [2.75, 3.05) is 7.11 Å². The van der Waals surface area contributed by atoms with Crippen LogP contribution < -0.4 is 4.74 Å². The second-order valence-corrected chi connectivity index (χ2v) is 6.41. The van der Waals surface area contributed by atoms with Crippen molar-refractivity contribution in [2.24, 2.45) is 0 Å². The van der Waals surface area contributed by atoms with Crippen LogP contribution in [-0.4, -0.2) is 26.6 Å². The van der Waals surface area contributed by atoms with Gasteiger partial charge >= 0.3 is 5.97 Å². The van der Waals surface area contributed by atoms with Gasteiger partial charge in [0.15, 0.2) is 9.84 Å². The Balaban J connectivity index is 2.28. The number of methoxy groups -OCH3 is 1.